The van der Waals surface area contributed by atoms with E-state index in [2.05, 4.69) is 254 Å². The van der Waals surface area contributed by atoms with Crippen molar-refractivity contribution in [2.75, 3.05) is 21.2 Å². The van der Waals surface area contributed by atoms with Crippen molar-refractivity contribution in [3.05, 3.63) is 235 Å². The quantitative estimate of drug-likeness (QED) is 0.0602. The molecule has 4 atom stereocenters. The summed E-state index contributed by atoms with van der Waals surface area (Å²) in [4.78, 5) is 41.7. The molecule has 0 bridgehead atoms. The molecule has 96 heavy (non-hydrogen) atoms. The Kier molecular flexibility index (Phi) is 37.4. The second-order valence-corrected chi connectivity index (χ2v) is 28.3. The second kappa shape index (κ2) is 39.4. The molecule has 10 heteroatoms. The van der Waals surface area contributed by atoms with Crippen LogP contribution >= 0.6 is 0 Å². The Hall–Kier alpha value is -4.68. The third-order valence-electron chi connectivity index (χ3n) is 19.3. The normalized spacial score (nSPS) is 20.2. The van der Waals surface area contributed by atoms with Crippen molar-refractivity contribution in [3.63, 3.8) is 0 Å². The van der Waals surface area contributed by atoms with E-state index in [0.29, 0.717) is 17.8 Å². The number of rotatable bonds is 14. The molecule has 0 radical (unpaired) electrons. The maximum absolute atomic E-state index is 12.4. The number of fused-ring (bicyclic) bond motifs is 2. The number of ether oxygens (including phenoxy) is 1. The number of esters is 1. The SMILES string of the molecule is CC.CC.CC.CC.CC(C)ON1C(C)(C)CC(C)(C)C(C)C1(C)C.CN1C(C)(c2ccccc2)c2ccccc2C1(c1ccccc1)c1ccccc1.COC(=O)C1(C)c2ccccc2CC(C)(C)N1C.[CH2-]C(C)(C)N(OC(C(=O)CC)c1ccccc1)C(C)(C)[CH-]C.[CH3-].[Y+3]. The first-order chi connectivity index (χ1) is 44.1. The molecule has 3 aliphatic heterocycles. The molecular formula is C86H133N4O5Y. The van der Waals surface area contributed by atoms with Gasteiger partial charge in [-0.05, 0) is 152 Å². The fourth-order valence-corrected chi connectivity index (χ4v) is 14.4. The summed E-state index contributed by atoms with van der Waals surface area (Å²) in [5.41, 5.74) is 8.06. The van der Waals surface area contributed by atoms with E-state index >= 15 is 0 Å². The zero-order chi connectivity index (χ0) is 72.1. The van der Waals surface area contributed by atoms with E-state index in [-0.39, 0.29) is 91.2 Å². The molecule has 6 aromatic rings. The van der Waals surface area contributed by atoms with E-state index < -0.39 is 17.2 Å². The van der Waals surface area contributed by atoms with Crippen molar-refractivity contribution in [3.8, 4) is 0 Å². The molecule has 4 unspecified atom stereocenters. The Balaban J connectivity index is 0.00000123. The van der Waals surface area contributed by atoms with Gasteiger partial charge in [0, 0.05) is 23.0 Å². The molecule has 9 nitrogen and oxygen atoms in total. The molecule has 0 aliphatic carbocycles. The van der Waals surface area contributed by atoms with E-state index in [1.165, 1.54) is 40.5 Å². The van der Waals surface area contributed by atoms with Crippen LogP contribution in [0.25, 0.3) is 0 Å². The average Bonchev–Trinajstić information content (AvgIpc) is 1.51. The van der Waals surface area contributed by atoms with Gasteiger partial charge in [-0.2, -0.15) is 12.0 Å². The van der Waals surface area contributed by atoms with Gasteiger partial charge in [0.15, 0.2) is 11.9 Å². The van der Waals surface area contributed by atoms with Gasteiger partial charge in [-0.25, -0.2) is 9.86 Å². The van der Waals surface area contributed by atoms with Crippen LogP contribution in [-0.4, -0.2) is 86.7 Å². The number of methoxy groups -OCH3 is 1. The molecule has 0 N–H and O–H groups in total. The largest absolute Gasteiger partial charge is 3.00 e. The van der Waals surface area contributed by atoms with Crippen LogP contribution in [0.3, 0.4) is 0 Å². The molecule has 1 saturated heterocycles. The summed E-state index contributed by atoms with van der Waals surface area (Å²) in [7, 11) is 5.71. The summed E-state index contributed by atoms with van der Waals surface area (Å²) in [5.74, 6) is 0.458. The molecule has 9 rings (SSSR count). The van der Waals surface area contributed by atoms with E-state index in [0.717, 1.165) is 24.0 Å². The number of carbonyl (C=O) groups excluding carboxylic acids is 2. The predicted molar refractivity (Wildman–Crippen MR) is 408 cm³/mol. The van der Waals surface area contributed by atoms with Gasteiger partial charge in [0.1, 0.15) is 5.54 Å². The van der Waals surface area contributed by atoms with Gasteiger partial charge in [-0.3, -0.25) is 24.3 Å². The summed E-state index contributed by atoms with van der Waals surface area (Å²) < 4.78 is 5.03. The zero-order valence-electron chi connectivity index (χ0n) is 66.2. The van der Waals surface area contributed by atoms with Gasteiger partial charge in [0.2, 0.25) is 0 Å². The summed E-state index contributed by atoms with van der Waals surface area (Å²) in [5, 5.41) is 4.08. The van der Waals surface area contributed by atoms with Crippen molar-refractivity contribution < 1.29 is 56.7 Å². The van der Waals surface area contributed by atoms with Crippen LogP contribution in [0.15, 0.2) is 170 Å². The molecule has 6 aromatic carbocycles. The van der Waals surface area contributed by atoms with Crippen LogP contribution < -0.4 is 0 Å². The van der Waals surface area contributed by atoms with Crippen molar-refractivity contribution in [2.24, 2.45) is 11.3 Å². The molecule has 0 amide bonds. The summed E-state index contributed by atoms with van der Waals surface area (Å²) in [6.07, 6.45) is 4.22. The molecule has 0 aromatic heterocycles. The number of benzene rings is 6. The summed E-state index contributed by atoms with van der Waals surface area (Å²) in [6, 6.07) is 59.4. The Morgan fingerprint density at radius 1 is 0.604 bits per heavy atom. The van der Waals surface area contributed by atoms with E-state index in [1.54, 1.807) is 0 Å². The van der Waals surface area contributed by atoms with Gasteiger partial charge >= 0.3 is 38.7 Å². The van der Waals surface area contributed by atoms with Crippen LogP contribution in [0.2, 0.25) is 0 Å². The van der Waals surface area contributed by atoms with Gasteiger partial charge in [-0.15, -0.1) is 0 Å². The number of hydroxylamine groups is 4. The fourth-order valence-electron chi connectivity index (χ4n) is 14.4. The van der Waals surface area contributed by atoms with Crippen LogP contribution in [0.5, 0.6) is 0 Å². The number of Topliss-reactive ketones (excluding diaryl/α,β-unsaturated/α-hetero) is 1. The number of carbonyl (C=O) groups is 2. The van der Waals surface area contributed by atoms with Crippen molar-refractivity contribution in [1.82, 2.24) is 19.9 Å². The molecule has 530 valence electrons. The summed E-state index contributed by atoms with van der Waals surface area (Å²) in [6.45, 7) is 61.3. The Labute approximate surface area is 614 Å². The van der Waals surface area contributed by atoms with Crippen molar-refractivity contribution in [1.29, 1.82) is 0 Å². The van der Waals surface area contributed by atoms with Crippen LogP contribution in [-0.2, 0) is 79.7 Å². The third-order valence-corrected chi connectivity index (χ3v) is 19.3. The number of piperidine rings is 1. The Bertz CT molecular complexity index is 3120. The van der Waals surface area contributed by atoms with E-state index in [4.69, 9.17) is 14.4 Å². The minimum atomic E-state index is -0.715. The van der Waals surface area contributed by atoms with Crippen LogP contribution in [0, 0.1) is 32.1 Å². The second-order valence-electron chi connectivity index (χ2n) is 28.3. The number of likely N-dealkylation sites (N-methyl/N-ethyl adjacent to an activating group) is 1. The minimum absolute atomic E-state index is 0. The van der Waals surface area contributed by atoms with Gasteiger partial charge in [0.25, 0.3) is 0 Å². The fraction of sp³-hybridized carbons (Fsp3) is 0.523. The molecular weight excluding hydrogens is 1260 g/mol. The average molecular weight is 1390 g/mol. The van der Waals surface area contributed by atoms with Crippen LogP contribution in [0.1, 0.15) is 250 Å². The van der Waals surface area contributed by atoms with Crippen molar-refractivity contribution >= 4 is 11.8 Å². The first-order valence-electron chi connectivity index (χ1n) is 35.2. The minimum Gasteiger partial charge on any atom is -0.467 e. The third kappa shape index (κ3) is 20.3. The first-order valence-corrected chi connectivity index (χ1v) is 35.2. The molecule has 3 aliphatic rings. The zero-order valence-corrected chi connectivity index (χ0v) is 69.0. The Morgan fingerprint density at radius 3 is 1.41 bits per heavy atom. The standard InChI is InChI=1S/C28H25N.C19H29NO2.C15H21NO2.C15H31NO.4C2H6.CH3.Y/c1-27(22-14-6-3-7-15-22)25-20-12-13-21-26(25)28(29(27)2,23-16-8-4-9-17-23)24-18-10-5-11-19-24;1-8-16(21)17(15-13-11-10-12-14-15)22-20(18(3,4)5)19(6,7)9-2;1-14(2)10-11-8-6-7-9-12(11)15(3,16(14)4)13(17)18-5;1-11(2)17-16-14(6,7)10-13(4,5)12(3)15(16,8)9;4*1-2;;/h3-21H,1-2H3;9-14,17H,3,8H2,1-2,4-7H3;6-9H,10H2,1-5H3;11-12H,10H2,1-9H3;4*1-2H3;1H3;/q;-2;;;;;;;-1;+3. The van der Waals surface area contributed by atoms with Gasteiger partial charge in [0.05, 0.1) is 24.3 Å². The molecule has 1 fully saturated rings. The Morgan fingerprint density at radius 2 is 1.00 bits per heavy atom. The number of hydrogen-bond donors (Lipinski definition) is 0. The predicted octanol–water partition coefficient (Wildman–Crippen LogP) is 21.9. The number of ketones is 1. The first kappa shape index (κ1) is 91.3. The topological polar surface area (TPSA) is 74.8 Å². The van der Waals surface area contributed by atoms with Crippen LogP contribution in [0.4, 0.5) is 0 Å². The van der Waals surface area contributed by atoms with E-state index in [9.17, 15) is 9.59 Å². The molecule has 3 heterocycles. The maximum atomic E-state index is 12.4. The number of nitrogens with zero attached hydrogens (tertiary/aromatic N) is 4. The smallest absolute Gasteiger partial charge is 0.467 e. The van der Waals surface area contributed by atoms with Gasteiger partial charge < -0.3 is 25.5 Å². The monoisotopic (exact) mass is 1390 g/mol. The van der Waals surface area contributed by atoms with Gasteiger partial charge in [-0.1, -0.05) is 292 Å². The molecule has 0 saturated carbocycles. The maximum Gasteiger partial charge on any atom is 3.00 e. The van der Waals surface area contributed by atoms with Crippen molar-refractivity contribution in [2.45, 2.75) is 263 Å². The molecule has 0 spiro atoms. The van der Waals surface area contributed by atoms with E-state index in [1.807, 2.05) is 151 Å². The number of hydrogen-bond acceptors (Lipinski definition) is 9. The summed E-state index contributed by atoms with van der Waals surface area (Å²) >= 11 is 0.